The van der Waals surface area contributed by atoms with E-state index in [1.807, 2.05) is 6.07 Å². The number of hydrogen-bond acceptors (Lipinski definition) is 6. The van der Waals surface area contributed by atoms with E-state index in [2.05, 4.69) is 15.1 Å². The van der Waals surface area contributed by atoms with Crippen molar-refractivity contribution in [2.75, 3.05) is 11.9 Å². The molecule has 0 aliphatic heterocycles. The van der Waals surface area contributed by atoms with Crippen LogP contribution in [0.25, 0.3) is 6.08 Å². The van der Waals surface area contributed by atoms with E-state index in [-0.39, 0.29) is 0 Å². The van der Waals surface area contributed by atoms with Gasteiger partial charge in [-0.05, 0) is 32.4 Å². The van der Waals surface area contributed by atoms with Crippen molar-refractivity contribution in [1.82, 2.24) is 14.5 Å². The summed E-state index contributed by atoms with van der Waals surface area (Å²) < 4.78 is 32.6. The number of rotatable bonds is 8. The summed E-state index contributed by atoms with van der Waals surface area (Å²) in [5, 5.41) is 7.81. The van der Waals surface area contributed by atoms with Crippen LogP contribution in [-0.4, -0.2) is 42.7 Å². The standard InChI is InChI=1S/C19H24N4O5S/c1-13-18(14(2)23(4)22-13)21-19(25)15(3)28-17(24)12-20-29(26,27)11-10-16-8-6-5-7-9-16/h5-11,15,20H,12H2,1-4H3,(H,21,25)/b11-10+/t15-/m1/s1. The lowest BCUT2D eigenvalue weighted by Gasteiger charge is -2.14. The fraction of sp³-hybridized carbons (Fsp3) is 0.316. The topological polar surface area (TPSA) is 119 Å². The van der Waals surface area contributed by atoms with Crippen molar-refractivity contribution in [3.8, 4) is 0 Å². The summed E-state index contributed by atoms with van der Waals surface area (Å²) in [5.74, 6) is -1.41. The van der Waals surface area contributed by atoms with Crippen LogP contribution in [0.15, 0.2) is 35.7 Å². The number of nitrogens with one attached hydrogen (secondary N) is 2. The van der Waals surface area contributed by atoms with Gasteiger partial charge in [-0.1, -0.05) is 30.3 Å². The molecule has 1 amide bonds. The first kappa shape index (κ1) is 22.3. The van der Waals surface area contributed by atoms with E-state index in [1.54, 1.807) is 49.8 Å². The van der Waals surface area contributed by atoms with Gasteiger partial charge in [0.25, 0.3) is 5.91 Å². The molecule has 0 saturated heterocycles. The first-order valence-electron chi connectivity index (χ1n) is 8.82. The average Bonchev–Trinajstić information content (AvgIpc) is 2.92. The van der Waals surface area contributed by atoms with Gasteiger partial charge >= 0.3 is 5.97 Å². The molecule has 2 rings (SSSR count). The van der Waals surface area contributed by atoms with Crippen LogP contribution >= 0.6 is 0 Å². The molecule has 1 aromatic carbocycles. The Bertz CT molecular complexity index is 1010. The number of nitrogens with zero attached hydrogens (tertiary/aromatic N) is 2. The number of carbonyl (C=O) groups is 2. The molecular weight excluding hydrogens is 396 g/mol. The first-order valence-corrected chi connectivity index (χ1v) is 10.4. The lowest BCUT2D eigenvalue weighted by atomic mass is 10.2. The Balaban J connectivity index is 1.86. The lowest BCUT2D eigenvalue weighted by molar-refractivity contribution is -0.151. The number of anilines is 1. The highest BCUT2D eigenvalue weighted by Crippen LogP contribution is 2.18. The van der Waals surface area contributed by atoms with E-state index < -0.39 is 34.5 Å². The highest BCUT2D eigenvalue weighted by molar-refractivity contribution is 7.92. The van der Waals surface area contributed by atoms with Crippen molar-refractivity contribution in [3.05, 3.63) is 52.7 Å². The predicted octanol–water partition coefficient (Wildman–Crippen LogP) is 1.50. The van der Waals surface area contributed by atoms with Crippen LogP contribution < -0.4 is 10.0 Å². The van der Waals surface area contributed by atoms with Crippen LogP contribution in [0.2, 0.25) is 0 Å². The maximum atomic E-state index is 12.2. The van der Waals surface area contributed by atoms with Gasteiger partial charge in [0, 0.05) is 12.5 Å². The van der Waals surface area contributed by atoms with E-state index >= 15 is 0 Å². The van der Waals surface area contributed by atoms with Crippen molar-refractivity contribution < 1.29 is 22.7 Å². The Morgan fingerprint density at radius 3 is 2.48 bits per heavy atom. The van der Waals surface area contributed by atoms with Crippen LogP contribution in [0.5, 0.6) is 0 Å². The van der Waals surface area contributed by atoms with Crippen molar-refractivity contribution in [3.63, 3.8) is 0 Å². The van der Waals surface area contributed by atoms with Crippen LogP contribution in [0, 0.1) is 13.8 Å². The largest absolute Gasteiger partial charge is 0.452 e. The lowest BCUT2D eigenvalue weighted by Crippen LogP contribution is -2.35. The second-order valence-electron chi connectivity index (χ2n) is 6.37. The van der Waals surface area contributed by atoms with Crippen LogP contribution in [-0.2, 0) is 31.4 Å². The number of sulfonamides is 1. The molecule has 0 spiro atoms. The van der Waals surface area contributed by atoms with Gasteiger partial charge in [0.05, 0.1) is 17.1 Å². The van der Waals surface area contributed by atoms with Gasteiger partial charge in [-0.25, -0.2) is 13.1 Å². The Hall–Kier alpha value is -2.98. The number of ether oxygens (including phenoxy) is 1. The van der Waals surface area contributed by atoms with Gasteiger partial charge in [-0.15, -0.1) is 0 Å². The minimum Gasteiger partial charge on any atom is -0.452 e. The third kappa shape index (κ3) is 6.54. The van der Waals surface area contributed by atoms with E-state index in [4.69, 9.17) is 4.74 Å². The van der Waals surface area contributed by atoms with Crippen LogP contribution in [0.1, 0.15) is 23.9 Å². The maximum Gasteiger partial charge on any atom is 0.321 e. The maximum absolute atomic E-state index is 12.2. The van der Waals surface area contributed by atoms with Crippen molar-refractivity contribution >= 4 is 33.7 Å². The van der Waals surface area contributed by atoms with Gasteiger partial charge in [0.2, 0.25) is 10.0 Å². The number of benzene rings is 1. The second kappa shape index (κ2) is 9.48. The third-order valence-corrected chi connectivity index (χ3v) is 5.13. The van der Waals surface area contributed by atoms with E-state index in [0.29, 0.717) is 16.9 Å². The molecular formula is C19H24N4O5S. The van der Waals surface area contributed by atoms with E-state index in [0.717, 1.165) is 11.1 Å². The Labute approximate surface area is 169 Å². The molecule has 2 N–H and O–H groups in total. The second-order valence-corrected chi connectivity index (χ2v) is 8.02. The third-order valence-electron chi connectivity index (χ3n) is 4.09. The summed E-state index contributed by atoms with van der Waals surface area (Å²) in [5.41, 5.74) is 2.64. The summed E-state index contributed by atoms with van der Waals surface area (Å²) in [6.07, 6.45) is 0.299. The first-order chi connectivity index (χ1) is 13.6. The normalized spacial score (nSPS) is 12.7. The van der Waals surface area contributed by atoms with Crippen molar-refractivity contribution in [2.24, 2.45) is 7.05 Å². The Morgan fingerprint density at radius 1 is 1.24 bits per heavy atom. The number of amides is 1. The molecule has 29 heavy (non-hydrogen) atoms. The van der Waals surface area contributed by atoms with E-state index in [9.17, 15) is 18.0 Å². The molecule has 0 fully saturated rings. The molecule has 156 valence electrons. The summed E-state index contributed by atoms with van der Waals surface area (Å²) in [4.78, 5) is 24.1. The molecule has 0 unspecified atom stereocenters. The molecule has 0 saturated carbocycles. The minimum absolute atomic E-state index is 0.538. The average molecular weight is 420 g/mol. The highest BCUT2D eigenvalue weighted by atomic mass is 32.2. The minimum atomic E-state index is -3.83. The number of aryl methyl sites for hydroxylation is 2. The molecule has 0 radical (unpaired) electrons. The quantitative estimate of drug-likeness (QED) is 0.625. The van der Waals surface area contributed by atoms with Gasteiger partial charge < -0.3 is 10.1 Å². The fourth-order valence-corrected chi connectivity index (χ4v) is 3.16. The number of carbonyl (C=O) groups excluding carboxylic acids is 2. The molecule has 1 aromatic heterocycles. The zero-order valence-corrected chi connectivity index (χ0v) is 17.5. The Morgan fingerprint density at radius 2 is 1.90 bits per heavy atom. The summed E-state index contributed by atoms with van der Waals surface area (Å²) in [6, 6.07) is 8.85. The zero-order valence-electron chi connectivity index (χ0n) is 16.7. The highest BCUT2D eigenvalue weighted by Gasteiger charge is 2.21. The molecule has 0 aliphatic rings. The molecule has 1 atom stereocenters. The number of aromatic nitrogens is 2. The molecule has 10 heteroatoms. The molecule has 0 aliphatic carbocycles. The predicted molar refractivity (Wildman–Crippen MR) is 109 cm³/mol. The van der Waals surface area contributed by atoms with Crippen molar-refractivity contribution in [2.45, 2.75) is 26.9 Å². The zero-order chi connectivity index (χ0) is 21.6. The van der Waals surface area contributed by atoms with Gasteiger partial charge in [0.1, 0.15) is 6.54 Å². The van der Waals surface area contributed by atoms with Crippen molar-refractivity contribution in [1.29, 1.82) is 0 Å². The van der Waals surface area contributed by atoms with Crippen LogP contribution in [0.4, 0.5) is 5.69 Å². The molecule has 2 aromatic rings. The number of esters is 1. The summed E-state index contributed by atoms with van der Waals surface area (Å²) in [6.45, 7) is 4.35. The van der Waals surface area contributed by atoms with Gasteiger partial charge in [-0.3, -0.25) is 14.3 Å². The number of hydrogen-bond donors (Lipinski definition) is 2. The SMILES string of the molecule is Cc1nn(C)c(C)c1NC(=O)[C@@H](C)OC(=O)CNS(=O)(=O)/C=C/c1ccccc1. The van der Waals surface area contributed by atoms with Crippen LogP contribution in [0.3, 0.4) is 0 Å². The van der Waals surface area contributed by atoms with Gasteiger partial charge in [-0.2, -0.15) is 5.10 Å². The summed E-state index contributed by atoms with van der Waals surface area (Å²) in [7, 11) is -2.08. The van der Waals surface area contributed by atoms with E-state index in [1.165, 1.54) is 13.0 Å². The fourth-order valence-electron chi connectivity index (χ4n) is 2.41. The monoisotopic (exact) mass is 420 g/mol. The smallest absolute Gasteiger partial charge is 0.321 e. The molecule has 1 heterocycles. The van der Waals surface area contributed by atoms with Gasteiger partial charge in [0.15, 0.2) is 6.10 Å². The Kier molecular flexibility index (Phi) is 7.29. The summed E-state index contributed by atoms with van der Waals surface area (Å²) >= 11 is 0. The molecule has 0 bridgehead atoms. The molecule has 9 nitrogen and oxygen atoms in total.